The Kier molecular flexibility index (Phi) is 4.22. The van der Waals surface area contributed by atoms with Gasteiger partial charge < -0.3 is 10.6 Å². The van der Waals surface area contributed by atoms with Crippen LogP contribution in [0.25, 0.3) is 0 Å². The number of nitrogens with one attached hydrogen (secondary N) is 2. The summed E-state index contributed by atoms with van der Waals surface area (Å²) in [5.74, 6) is 1.50. The topological polar surface area (TPSA) is 60.7 Å². The zero-order chi connectivity index (χ0) is 13.7. The molecular formula is C14H13ClN4. The molecule has 96 valence electrons. The summed E-state index contributed by atoms with van der Waals surface area (Å²) in [6, 6.07) is 12.8. The van der Waals surface area contributed by atoms with Crippen molar-refractivity contribution in [3.8, 4) is 6.07 Å². The van der Waals surface area contributed by atoms with Crippen LogP contribution in [-0.2, 0) is 0 Å². The molecule has 0 saturated carbocycles. The lowest BCUT2D eigenvalue weighted by Gasteiger charge is -2.09. The highest BCUT2D eigenvalue weighted by Crippen LogP contribution is 2.26. The molecule has 1 aromatic heterocycles. The van der Waals surface area contributed by atoms with Crippen LogP contribution in [0.2, 0.25) is 5.02 Å². The van der Waals surface area contributed by atoms with Crippen molar-refractivity contribution >= 4 is 28.9 Å². The van der Waals surface area contributed by atoms with Gasteiger partial charge in [0.05, 0.1) is 22.3 Å². The zero-order valence-electron chi connectivity index (χ0n) is 10.4. The van der Waals surface area contributed by atoms with Crippen molar-refractivity contribution in [3.05, 3.63) is 47.0 Å². The molecule has 1 heterocycles. The van der Waals surface area contributed by atoms with E-state index in [0.717, 1.165) is 18.1 Å². The van der Waals surface area contributed by atoms with Crippen LogP contribution in [0.5, 0.6) is 0 Å². The van der Waals surface area contributed by atoms with Gasteiger partial charge in [0.1, 0.15) is 11.6 Å². The summed E-state index contributed by atoms with van der Waals surface area (Å²) in [7, 11) is 0. The molecule has 0 saturated heterocycles. The number of rotatable bonds is 4. The average Bonchev–Trinajstić information content (AvgIpc) is 2.42. The quantitative estimate of drug-likeness (QED) is 0.889. The van der Waals surface area contributed by atoms with E-state index >= 15 is 0 Å². The minimum atomic E-state index is 0.495. The first-order valence-corrected chi connectivity index (χ1v) is 6.28. The number of benzene rings is 1. The summed E-state index contributed by atoms with van der Waals surface area (Å²) in [6.45, 7) is 2.83. The van der Waals surface area contributed by atoms with E-state index in [4.69, 9.17) is 16.9 Å². The SMILES string of the molecule is CCNc1cccc(Nc2ccc(C#N)cc2Cl)n1. The number of pyridine rings is 1. The highest BCUT2D eigenvalue weighted by Gasteiger charge is 2.03. The first-order chi connectivity index (χ1) is 9.22. The van der Waals surface area contributed by atoms with Gasteiger partial charge in [-0.25, -0.2) is 4.98 Å². The molecule has 2 aromatic rings. The number of hydrogen-bond donors (Lipinski definition) is 2. The smallest absolute Gasteiger partial charge is 0.132 e. The van der Waals surface area contributed by atoms with Crippen LogP contribution in [0.1, 0.15) is 12.5 Å². The predicted octanol–water partition coefficient (Wildman–Crippen LogP) is 3.78. The van der Waals surface area contributed by atoms with Crippen molar-refractivity contribution in [2.75, 3.05) is 17.2 Å². The van der Waals surface area contributed by atoms with Gasteiger partial charge in [0.15, 0.2) is 0 Å². The highest BCUT2D eigenvalue weighted by atomic mass is 35.5. The Morgan fingerprint density at radius 2 is 2.05 bits per heavy atom. The van der Waals surface area contributed by atoms with E-state index in [1.165, 1.54) is 0 Å². The van der Waals surface area contributed by atoms with Gasteiger partial charge in [-0.15, -0.1) is 0 Å². The Morgan fingerprint density at radius 1 is 1.26 bits per heavy atom. The molecule has 0 aliphatic heterocycles. The Balaban J connectivity index is 2.21. The molecule has 2 rings (SSSR count). The van der Waals surface area contributed by atoms with Crippen molar-refractivity contribution in [1.29, 1.82) is 5.26 Å². The van der Waals surface area contributed by atoms with Gasteiger partial charge in [-0.3, -0.25) is 0 Å². The summed E-state index contributed by atoms with van der Waals surface area (Å²) in [5.41, 5.74) is 1.26. The fourth-order valence-electron chi connectivity index (χ4n) is 1.61. The second-order valence-electron chi connectivity index (χ2n) is 3.87. The first-order valence-electron chi connectivity index (χ1n) is 5.90. The second-order valence-corrected chi connectivity index (χ2v) is 4.28. The number of hydrogen-bond acceptors (Lipinski definition) is 4. The lowest BCUT2D eigenvalue weighted by atomic mass is 10.2. The second kappa shape index (κ2) is 6.07. The van der Waals surface area contributed by atoms with Gasteiger partial charge in [0.2, 0.25) is 0 Å². The van der Waals surface area contributed by atoms with E-state index in [1.807, 2.05) is 31.2 Å². The fraction of sp³-hybridized carbons (Fsp3) is 0.143. The summed E-state index contributed by atoms with van der Waals surface area (Å²) in [6.07, 6.45) is 0. The van der Waals surface area contributed by atoms with E-state index in [-0.39, 0.29) is 0 Å². The summed E-state index contributed by atoms with van der Waals surface area (Å²) >= 11 is 6.10. The minimum Gasteiger partial charge on any atom is -0.370 e. The third kappa shape index (κ3) is 3.36. The lowest BCUT2D eigenvalue weighted by molar-refractivity contribution is 1.16. The molecule has 4 nitrogen and oxygen atoms in total. The van der Waals surface area contributed by atoms with E-state index in [1.54, 1.807) is 18.2 Å². The van der Waals surface area contributed by atoms with Gasteiger partial charge in [0.25, 0.3) is 0 Å². The predicted molar refractivity (Wildman–Crippen MR) is 77.9 cm³/mol. The summed E-state index contributed by atoms with van der Waals surface area (Å²) in [5, 5.41) is 15.6. The normalized spacial score (nSPS) is 9.74. The number of halogens is 1. The Hall–Kier alpha value is -2.25. The average molecular weight is 273 g/mol. The number of nitrogens with zero attached hydrogens (tertiary/aromatic N) is 2. The Morgan fingerprint density at radius 3 is 2.74 bits per heavy atom. The van der Waals surface area contributed by atoms with Crippen LogP contribution in [0.3, 0.4) is 0 Å². The zero-order valence-corrected chi connectivity index (χ0v) is 11.2. The maximum atomic E-state index is 8.79. The van der Waals surface area contributed by atoms with Crippen molar-refractivity contribution in [1.82, 2.24) is 4.98 Å². The molecule has 5 heteroatoms. The third-order valence-corrected chi connectivity index (χ3v) is 2.78. The number of nitriles is 1. The van der Waals surface area contributed by atoms with Gasteiger partial charge in [-0.1, -0.05) is 17.7 Å². The largest absolute Gasteiger partial charge is 0.370 e. The van der Waals surface area contributed by atoms with E-state index in [0.29, 0.717) is 16.4 Å². The lowest BCUT2D eigenvalue weighted by Crippen LogP contribution is -2.01. The van der Waals surface area contributed by atoms with Crippen LogP contribution in [-0.4, -0.2) is 11.5 Å². The minimum absolute atomic E-state index is 0.495. The molecular weight excluding hydrogens is 260 g/mol. The first kappa shape index (κ1) is 13.2. The molecule has 2 N–H and O–H groups in total. The van der Waals surface area contributed by atoms with Gasteiger partial charge >= 0.3 is 0 Å². The Labute approximate surface area is 117 Å². The number of aromatic nitrogens is 1. The van der Waals surface area contributed by atoms with Crippen molar-refractivity contribution in [3.63, 3.8) is 0 Å². The molecule has 0 amide bonds. The van der Waals surface area contributed by atoms with Crippen LogP contribution < -0.4 is 10.6 Å². The standard InChI is InChI=1S/C14H13ClN4/c1-2-17-13-4-3-5-14(19-13)18-12-7-6-10(9-16)8-11(12)15/h3-8H,2H2,1H3,(H2,17,18,19). The molecule has 0 radical (unpaired) electrons. The maximum absolute atomic E-state index is 8.79. The fourth-order valence-corrected chi connectivity index (χ4v) is 1.84. The van der Waals surface area contributed by atoms with E-state index in [9.17, 15) is 0 Å². The molecule has 0 aliphatic rings. The van der Waals surface area contributed by atoms with Crippen LogP contribution >= 0.6 is 11.6 Å². The summed E-state index contributed by atoms with van der Waals surface area (Å²) in [4.78, 5) is 4.40. The maximum Gasteiger partial charge on any atom is 0.132 e. The van der Waals surface area contributed by atoms with Crippen molar-refractivity contribution in [2.24, 2.45) is 0 Å². The molecule has 19 heavy (non-hydrogen) atoms. The molecule has 0 aliphatic carbocycles. The molecule has 0 atom stereocenters. The number of anilines is 3. The van der Waals surface area contributed by atoms with Crippen LogP contribution in [0.15, 0.2) is 36.4 Å². The Bertz CT molecular complexity index is 619. The monoisotopic (exact) mass is 272 g/mol. The van der Waals surface area contributed by atoms with Crippen LogP contribution in [0, 0.1) is 11.3 Å². The third-order valence-electron chi connectivity index (χ3n) is 2.47. The molecule has 0 bridgehead atoms. The van der Waals surface area contributed by atoms with E-state index in [2.05, 4.69) is 15.6 Å². The van der Waals surface area contributed by atoms with Crippen LogP contribution in [0.4, 0.5) is 17.3 Å². The van der Waals surface area contributed by atoms with Gasteiger partial charge in [-0.2, -0.15) is 5.26 Å². The molecule has 0 unspecified atom stereocenters. The summed E-state index contributed by atoms with van der Waals surface area (Å²) < 4.78 is 0. The molecule has 1 aromatic carbocycles. The molecule has 0 fully saturated rings. The van der Waals surface area contributed by atoms with Crippen molar-refractivity contribution in [2.45, 2.75) is 6.92 Å². The van der Waals surface area contributed by atoms with Crippen molar-refractivity contribution < 1.29 is 0 Å². The van der Waals surface area contributed by atoms with Gasteiger partial charge in [-0.05, 0) is 37.3 Å². The van der Waals surface area contributed by atoms with Gasteiger partial charge in [0, 0.05) is 6.54 Å². The molecule has 0 spiro atoms. The highest BCUT2D eigenvalue weighted by molar-refractivity contribution is 6.33. The van der Waals surface area contributed by atoms with E-state index < -0.39 is 0 Å².